The SMILES string of the molecule is CN(C)C(=O)Oc1cccc(C(=O)Nc2ccc3c(c2)CNC3C(=O)Cn2cccn2)c1-c1ccc(C(F)(F)F)cc1. The van der Waals surface area contributed by atoms with Crippen LogP contribution in [-0.4, -0.2) is 46.6 Å². The Morgan fingerprint density at radius 1 is 1.07 bits per heavy atom. The number of carbonyl (C=O) groups excluding carboxylic acids is 3. The number of benzene rings is 3. The fourth-order valence-electron chi connectivity index (χ4n) is 4.69. The molecule has 0 spiro atoms. The Morgan fingerprint density at radius 3 is 2.50 bits per heavy atom. The third-order valence-corrected chi connectivity index (χ3v) is 6.74. The second-order valence-corrected chi connectivity index (χ2v) is 9.87. The van der Waals surface area contributed by atoms with E-state index in [1.54, 1.807) is 41.3 Å². The summed E-state index contributed by atoms with van der Waals surface area (Å²) in [6, 6.07) is 15.2. The lowest BCUT2D eigenvalue weighted by molar-refractivity contribution is -0.137. The summed E-state index contributed by atoms with van der Waals surface area (Å²) in [4.78, 5) is 39.9. The zero-order valence-corrected chi connectivity index (χ0v) is 22.6. The van der Waals surface area contributed by atoms with Crippen LogP contribution in [-0.2, 0) is 24.1 Å². The molecule has 3 aromatic carbocycles. The molecule has 1 atom stereocenters. The summed E-state index contributed by atoms with van der Waals surface area (Å²) in [5.74, 6) is -0.609. The number of rotatable bonds is 7. The predicted molar refractivity (Wildman–Crippen MR) is 148 cm³/mol. The number of amides is 2. The lowest BCUT2D eigenvalue weighted by Crippen LogP contribution is -2.26. The third kappa shape index (κ3) is 6.03. The number of ketones is 1. The molecule has 2 heterocycles. The second kappa shape index (κ2) is 11.5. The fraction of sp³-hybridized carbons (Fsp3) is 0.200. The quantitative estimate of drug-likeness (QED) is 0.309. The van der Waals surface area contributed by atoms with Gasteiger partial charge in [0.2, 0.25) is 0 Å². The maximum absolute atomic E-state index is 13.5. The van der Waals surface area contributed by atoms with Crippen molar-refractivity contribution in [3.63, 3.8) is 0 Å². The molecular formula is C30H26F3N5O4. The molecule has 0 bridgehead atoms. The Labute approximate surface area is 238 Å². The van der Waals surface area contributed by atoms with Gasteiger partial charge in [-0.1, -0.05) is 24.3 Å². The van der Waals surface area contributed by atoms with Crippen LogP contribution in [0.2, 0.25) is 0 Å². The average Bonchev–Trinajstić information content (AvgIpc) is 3.62. The minimum atomic E-state index is -4.54. The number of fused-ring (bicyclic) bond motifs is 1. The van der Waals surface area contributed by atoms with Crippen molar-refractivity contribution in [2.45, 2.75) is 25.3 Å². The van der Waals surface area contributed by atoms with Gasteiger partial charge in [-0.15, -0.1) is 0 Å². The predicted octanol–water partition coefficient (Wildman–Crippen LogP) is 5.30. The van der Waals surface area contributed by atoms with Crippen molar-refractivity contribution < 1.29 is 32.3 Å². The van der Waals surface area contributed by atoms with Gasteiger partial charge in [-0.05, 0) is 59.2 Å². The standard InChI is InChI=1S/C30H26F3N5O4/c1-37(2)29(41)42-25-6-3-5-23(26(25)18-7-9-20(10-8-18)30(31,32)33)28(40)36-21-11-12-22-19(15-21)16-34-27(22)24(39)17-38-14-4-13-35-38/h3-15,27,34H,16-17H2,1-2H3,(H,36,40). The molecular weight excluding hydrogens is 551 g/mol. The lowest BCUT2D eigenvalue weighted by atomic mass is 9.96. The first kappa shape index (κ1) is 28.6. The highest BCUT2D eigenvalue weighted by atomic mass is 19.4. The van der Waals surface area contributed by atoms with E-state index in [1.807, 2.05) is 0 Å². The molecule has 9 nitrogen and oxygen atoms in total. The van der Waals surface area contributed by atoms with Gasteiger partial charge in [-0.3, -0.25) is 19.6 Å². The molecule has 0 aliphatic carbocycles. The van der Waals surface area contributed by atoms with Crippen LogP contribution in [0.4, 0.5) is 23.7 Å². The number of hydrogen-bond acceptors (Lipinski definition) is 6. The number of ether oxygens (including phenoxy) is 1. The summed E-state index contributed by atoms with van der Waals surface area (Å²) in [5.41, 5.74) is 1.74. The second-order valence-electron chi connectivity index (χ2n) is 9.87. The third-order valence-electron chi connectivity index (χ3n) is 6.74. The number of nitrogens with one attached hydrogen (secondary N) is 2. The summed E-state index contributed by atoms with van der Waals surface area (Å²) < 4.78 is 46.6. The van der Waals surface area contributed by atoms with Crippen LogP contribution in [0.15, 0.2) is 79.1 Å². The number of anilines is 1. The van der Waals surface area contributed by atoms with Crippen LogP contribution in [0.3, 0.4) is 0 Å². The minimum absolute atomic E-state index is 0.0119. The van der Waals surface area contributed by atoms with Gasteiger partial charge in [0.15, 0.2) is 5.78 Å². The van der Waals surface area contributed by atoms with Crippen LogP contribution < -0.4 is 15.4 Å². The van der Waals surface area contributed by atoms with E-state index < -0.39 is 29.8 Å². The van der Waals surface area contributed by atoms with E-state index in [4.69, 9.17) is 4.74 Å². The normalized spacial score (nSPS) is 14.3. The van der Waals surface area contributed by atoms with E-state index in [-0.39, 0.29) is 34.8 Å². The van der Waals surface area contributed by atoms with Crippen LogP contribution in [0.1, 0.15) is 33.1 Å². The first-order valence-corrected chi connectivity index (χ1v) is 12.9. The van der Waals surface area contributed by atoms with Gasteiger partial charge < -0.3 is 15.0 Å². The number of aromatic nitrogens is 2. The van der Waals surface area contributed by atoms with Crippen molar-refractivity contribution in [3.05, 3.63) is 101 Å². The first-order valence-electron chi connectivity index (χ1n) is 12.9. The summed E-state index contributed by atoms with van der Waals surface area (Å²) >= 11 is 0. The monoisotopic (exact) mass is 577 g/mol. The Kier molecular flexibility index (Phi) is 7.81. The first-order chi connectivity index (χ1) is 20.0. The molecule has 2 amide bonds. The number of nitrogens with zero attached hydrogens (tertiary/aromatic N) is 3. The maximum Gasteiger partial charge on any atom is 0.416 e. The molecule has 0 fully saturated rings. The van der Waals surface area contributed by atoms with Gasteiger partial charge >= 0.3 is 12.3 Å². The molecule has 1 aliphatic rings. The van der Waals surface area contributed by atoms with E-state index in [1.165, 1.54) is 49.3 Å². The van der Waals surface area contributed by atoms with Gasteiger partial charge in [0.1, 0.15) is 12.3 Å². The van der Waals surface area contributed by atoms with E-state index in [9.17, 15) is 27.6 Å². The number of halogens is 3. The van der Waals surface area contributed by atoms with Crippen molar-refractivity contribution in [1.82, 2.24) is 20.0 Å². The molecule has 2 N–H and O–H groups in total. The number of carbonyl (C=O) groups is 3. The van der Waals surface area contributed by atoms with Crippen molar-refractivity contribution in [3.8, 4) is 16.9 Å². The van der Waals surface area contributed by atoms with Crippen LogP contribution in [0.5, 0.6) is 5.75 Å². The van der Waals surface area contributed by atoms with E-state index >= 15 is 0 Å². The highest BCUT2D eigenvalue weighted by molar-refractivity contribution is 6.10. The van der Waals surface area contributed by atoms with Gasteiger partial charge in [0.05, 0.1) is 17.2 Å². The molecule has 5 rings (SSSR count). The summed E-state index contributed by atoms with van der Waals surface area (Å²) in [5, 5.41) is 10.1. The lowest BCUT2D eigenvalue weighted by Gasteiger charge is -2.18. The summed E-state index contributed by atoms with van der Waals surface area (Å²) in [6.07, 6.45) is -1.95. The zero-order valence-electron chi connectivity index (χ0n) is 22.6. The van der Waals surface area contributed by atoms with Crippen molar-refractivity contribution in [2.75, 3.05) is 19.4 Å². The molecule has 0 saturated heterocycles. The number of alkyl halides is 3. The van der Waals surface area contributed by atoms with Crippen molar-refractivity contribution >= 4 is 23.5 Å². The minimum Gasteiger partial charge on any atom is -0.410 e. The van der Waals surface area contributed by atoms with E-state index in [0.717, 1.165) is 23.3 Å². The molecule has 42 heavy (non-hydrogen) atoms. The average molecular weight is 578 g/mol. The fourth-order valence-corrected chi connectivity index (χ4v) is 4.69. The van der Waals surface area contributed by atoms with E-state index in [2.05, 4.69) is 15.7 Å². The molecule has 1 unspecified atom stereocenters. The Balaban J connectivity index is 1.43. The Morgan fingerprint density at radius 2 is 1.83 bits per heavy atom. The summed E-state index contributed by atoms with van der Waals surface area (Å²) in [6.45, 7) is 0.533. The number of Topliss-reactive ketones (excluding diaryl/α,β-unsaturated/α-hetero) is 1. The summed E-state index contributed by atoms with van der Waals surface area (Å²) in [7, 11) is 2.96. The molecule has 12 heteroatoms. The van der Waals surface area contributed by atoms with Crippen molar-refractivity contribution in [1.29, 1.82) is 0 Å². The molecule has 1 aliphatic heterocycles. The van der Waals surface area contributed by atoms with Gasteiger partial charge in [0, 0.05) is 44.3 Å². The van der Waals surface area contributed by atoms with Crippen LogP contribution in [0, 0.1) is 0 Å². The van der Waals surface area contributed by atoms with Gasteiger partial charge in [-0.2, -0.15) is 18.3 Å². The topological polar surface area (TPSA) is 106 Å². The zero-order chi connectivity index (χ0) is 30.0. The van der Waals surface area contributed by atoms with Crippen LogP contribution in [0.25, 0.3) is 11.1 Å². The van der Waals surface area contributed by atoms with Crippen LogP contribution >= 0.6 is 0 Å². The Bertz CT molecular complexity index is 1630. The number of hydrogen-bond donors (Lipinski definition) is 2. The smallest absolute Gasteiger partial charge is 0.410 e. The largest absolute Gasteiger partial charge is 0.416 e. The van der Waals surface area contributed by atoms with Crippen molar-refractivity contribution in [2.24, 2.45) is 0 Å². The highest BCUT2D eigenvalue weighted by Crippen LogP contribution is 2.37. The molecule has 4 aromatic rings. The molecule has 0 radical (unpaired) electrons. The highest BCUT2D eigenvalue weighted by Gasteiger charge is 2.31. The van der Waals surface area contributed by atoms with E-state index in [0.29, 0.717) is 12.2 Å². The molecule has 0 saturated carbocycles. The molecule has 1 aromatic heterocycles. The Hall–Kier alpha value is -4.97. The van der Waals surface area contributed by atoms with Gasteiger partial charge in [0.25, 0.3) is 5.91 Å². The maximum atomic E-state index is 13.5. The van der Waals surface area contributed by atoms with Gasteiger partial charge in [-0.25, -0.2) is 4.79 Å². The molecule has 216 valence electrons.